The number of nitrogens with two attached hydrogens (primary N) is 1. The molecule has 0 aliphatic carbocycles. The van der Waals surface area contributed by atoms with Crippen molar-refractivity contribution in [1.82, 2.24) is 0 Å². The molecule has 0 saturated heterocycles. The molecule has 21 heavy (non-hydrogen) atoms. The lowest BCUT2D eigenvalue weighted by Crippen LogP contribution is -2.14. The van der Waals surface area contributed by atoms with E-state index < -0.39 is 0 Å². The minimum Gasteiger partial charge on any atom is -0.494 e. The van der Waals surface area contributed by atoms with Crippen LogP contribution >= 0.6 is 11.8 Å². The van der Waals surface area contributed by atoms with Gasteiger partial charge in [-0.1, -0.05) is 17.7 Å². The Morgan fingerprint density at radius 3 is 2.81 bits per heavy atom. The summed E-state index contributed by atoms with van der Waals surface area (Å²) in [6, 6.07) is 13.2. The quantitative estimate of drug-likeness (QED) is 0.657. The van der Waals surface area contributed by atoms with Crippen molar-refractivity contribution < 1.29 is 9.53 Å². The van der Waals surface area contributed by atoms with Crippen LogP contribution in [0.15, 0.2) is 47.4 Å². The first-order valence-electron chi connectivity index (χ1n) is 6.51. The van der Waals surface area contributed by atoms with E-state index in [0.29, 0.717) is 22.9 Å². The van der Waals surface area contributed by atoms with Crippen LogP contribution < -0.4 is 15.8 Å². The Morgan fingerprint density at radius 2 is 2.10 bits per heavy atom. The molecule has 4 nitrogen and oxygen atoms in total. The van der Waals surface area contributed by atoms with Gasteiger partial charge in [0.1, 0.15) is 5.75 Å². The van der Waals surface area contributed by atoms with Gasteiger partial charge >= 0.3 is 0 Å². The number of aryl methyl sites for hydroxylation is 1. The van der Waals surface area contributed by atoms with E-state index in [0.717, 1.165) is 4.90 Å². The Kier molecular flexibility index (Phi) is 5.11. The van der Waals surface area contributed by atoms with E-state index in [1.807, 2.05) is 25.1 Å². The van der Waals surface area contributed by atoms with Gasteiger partial charge in [0.15, 0.2) is 0 Å². The van der Waals surface area contributed by atoms with E-state index in [-0.39, 0.29) is 5.91 Å². The van der Waals surface area contributed by atoms with Gasteiger partial charge < -0.3 is 15.8 Å². The zero-order valence-corrected chi connectivity index (χ0v) is 12.9. The van der Waals surface area contributed by atoms with E-state index in [4.69, 9.17) is 10.5 Å². The predicted octanol–water partition coefficient (Wildman–Crippen LogP) is 3.32. The SMILES string of the molecule is COc1cc(N)ccc1NC(=O)CSc1cccc(C)c1. The van der Waals surface area contributed by atoms with Gasteiger partial charge in [0.2, 0.25) is 5.91 Å². The third kappa shape index (κ3) is 4.43. The fourth-order valence-corrected chi connectivity index (χ4v) is 2.67. The summed E-state index contributed by atoms with van der Waals surface area (Å²) >= 11 is 1.50. The number of nitrogen functional groups attached to an aromatic ring is 1. The van der Waals surface area contributed by atoms with Crippen LogP contribution in [0.3, 0.4) is 0 Å². The molecule has 0 fully saturated rings. The summed E-state index contributed by atoms with van der Waals surface area (Å²) in [6.07, 6.45) is 0. The zero-order valence-electron chi connectivity index (χ0n) is 12.1. The van der Waals surface area contributed by atoms with Crippen molar-refractivity contribution in [3.8, 4) is 5.75 Å². The molecule has 5 heteroatoms. The van der Waals surface area contributed by atoms with Crippen molar-refractivity contribution in [2.75, 3.05) is 23.9 Å². The maximum Gasteiger partial charge on any atom is 0.234 e. The van der Waals surface area contributed by atoms with Crippen LogP contribution in [0.2, 0.25) is 0 Å². The third-order valence-corrected chi connectivity index (χ3v) is 3.85. The normalized spacial score (nSPS) is 10.2. The maximum absolute atomic E-state index is 12.0. The Balaban J connectivity index is 1.96. The molecule has 0 spiro atoms. The number of amides is 1. The number of benzene rings is 2. The molecule has 0 aromatic heterocycles. The lowest BCUT2D eigenvalue weighted by atomic mass is 10.2. The average Bonchev–Trinajstić information content (AvgIpc) is 2.47. The molecule has 2 rings (SSSR count). The van der Waals surface area contributed by atoms with Gasteiger partial charge in [0.25, 0.3) is 0 Å². The number of anilines is 2. The van der Waals surface area contributed by atoms with Crippen LogP contribution in [0.25, 0.3) is 0 Å². The molecule has 0 heterocycles. The first-order valence-corrected chi connectivity index (χ1v) is 7.50. The average molecular weight is 302 g/mol. The van der Waals surface area contributed by atoms with Crippen LogP contribution in [0.4, 0.5) is 11.4 Å². The molecule has 0 radical (unpaired) electrons. The molecular weight excluding hydrogens is 284 g/mol. The number of hydrogen-bond acceptors (Lipinski definition) is 4. The van der Waals surface area contributed by atoms with Gasteiger partial charge in [-0.05, 0) is 31.2 Å². The number of nitrogens with one attached hydrogen (secondary N) is 1. The van der Waals surface area contributed by atoms with Gasteiger partial charge in [0, 0.05) is 16.6 Å². The van der Waals surface area contributed by atoms with Crippen molar-refractivity contribution in [2.24, 2.45) is 0 Å². The van der Waals surface area contributed by atoms with Crippen LogP contribution in [0, 0.1) is 6.92 Å². The topological polar surface area (TPSA) is 64.3 Å². The maximum atomic E-state index is 12.0. The lowest BCUT2D eigenvalue weighted by Gasteiger charge is -2.10. The number of rotatable bonds is 5. The van der Waals surface area contributed by atoms with E-state index in [1.54, 1.807) is 25.3 Å². The second-order valence-electron chi connectivity index (χ2n) is 4.61. The smallest absolute Gasteiger partial charge is 0.234 e. The number of methoxy groups -OCH3 is 1. The molecular formula is C16H18N2O2S. The number of hydrogen-bond donors (Lipinski definition) is 2. The largest absolute Gasteiger partial charge is 0.494 e. The molecule has 2 aromatic carbocycles. The molecule has 0 atom stereocenters. The van der Waals surface area contributed by atoms with Gasteiger partial charge in [-0.25, -0.2) is 0 Å². The Labute approximate surface area is 128 Å². The summed E-state index contributed by atoms with van der Waals surface area (Å²) in [4.78, 5) is 13.1. The minimum absolute atomic E-state index is 0.0791. The number of carbonyl (C=O) groups excluding carboxylic acids is 1. The van der Waals surface area contributed by atoms with E-state index in [2.05, 4.69) is 11.4 Å². The van der Waals surface area contributed by atoms with Crippen molar-refractivity contribution in [2.45, 2.75) is 11.8 Å². The predicted molar refractivity (Wildman–Crippen MR) is 87.9 cm³/mol. The summed E-state index contributed by atoms with van der Waals surface area (Å²) in [6.45, 7) is 2.03. The highest BCUT2D eigenvalue weighted by Gasteiger charge is 2.08. The van der Waals surface area contributed by atoms with Crippen LogP contribution in [0.1, 0.15) is 5.56 Å². The Hall–Kier alpha value is -2.14. The van der Waals surface area contributed by atoms with Crippen molar-refractivity contribution in [1.29, 1.82) is 0 Å². The van der Waals surface area contributed by atoms with Gasteiger partial charge in [-0.15, -0.1) is 11.8 Å². The molecule has 3 N–H and O–H groups in total. The lowest BCUT2D eigenvalue weighted by molar-refractivity contribution is -0.113. The molecule has 2 aromatic rings. The van der Waals surface area contributed by atoms with E-state index in [9.17, 15) is 4.79 Å². The number of thioether (sulfide) groups is 1. The second-order valence-corrected chi connectivity index (χ2v) is 5.66. The molecule has 0 aliphatic heterocycles. The van der Waals surface area contributed by atoms with E-state index in [1.165, 1.54) is 17.3 Å². The molecule has 0 bridgehead atoms. The summed E-state index contributed by atoms with van der Waals surface area (Å²) in [5.74, 6) is 0.824. The van der Waals surface area contributed by atoms with Crippen LogP contribution in [-0.4, -0.2) is 18.8 Å². The fraction of sp³-hybridized carbons (Fsp3) is 0.188. The van der Waals surface area contributed by atoms with Gasteiger partial charge in [0.05, 0.1) is 18.6 Å². The van der Waals surface area contributed by atoms with Crippen molar-refractivity contribution >= 4 is 29.0 Å². The highest BCUT2D eigenvalue weighted by molar-refractivity contribution is 8.00. The Bertz CT molecular complexity index is 644. The second kappa shape index (κ2) is 7.04. The fourth-order valence-electron chi connectivity index (χ4n) is 1.85. The molecule has 1 amide bonds. The zero-order chi connectivity index (χ0) is 15.2. The van der Waals surface area contributed by atoms with Gasteiger partial charge in [-0.3, -0.25) is 4.79 Å². The molecule has 0 saturated carbocycles. The monoisotopic (exact) mass is 302 g/mol. The highest BCUT2D eigenvalue weighted by Crippen LogP contribution is 2.27. The Morgan fingerprint density at radius 1 is 1.29 bits per heavy atom. The van der Waals surface area contributed by atoms with Crippen LogP contribution in [0.5, 0.6) is 5.75 Å². The molecule has 110 valence electrons. The van der Waals surface area contributed by atoms with Crippen molar-refractivity contribution in [3.63, 3.8) is 0 Å². The van der Waals surface area contributed by atoms with Crippen LogP contribution in [-0.2, 0) is 4.79 Å². The molecule has 0 unspecified atom stereocenters. The van der Waals surface area contributed by atoms with Gasteiger partial charge in [-0.2, -0.15) is 0 Å². The summed E-state index contributed by atoms with van der Waals surface area (Å²) in [7, 11) is 1.55. The summed E-state index contributed by atoms with van der Waals surface area (Å²) < 4.78 is 5.20. The van der Waals surface area contributed by atoms with E-state index >= 15 is 0 Å². The standard InChI is InChI=1S/C16H18N2O2S/c1-11-4-3-5-13(8-11)21-10-16(19)18-14-7-6-12(17)9-15(14)20-2/h3-9H,10,17H2,1-2H3,(H,18,19). The molecule has 0 aliphatic rings. The minimum atomic E-state index is -0.0791. The number of carbonyl (C=O) groups is 1. The first kappa shape index (κ1) is 15.3. The third-order valence-electron chi connectivity index (χ3n) is 2.86. The summed E-state index contributed by atoms with van der Waals surface area (Å²) in [5.41, 5.74) is 8.09. The number of ether oxygens (including phenoxy) is 1. The highest BCUT2D eigenvalue weighted by atomic mass is 32.2. The van der Waals surface area contributed by atoms with Crippen molar-refractivity contribution in [3.05, 3.63) is 48.0 Å². The first-order chi connectivity index (χ1) is 10.1. The summed E-state index contributed by atoms with van der Waals surface area (Å²) in [5, 5.41) is 2.83.